The van der Waals surface area contributed by atoms with Crippen LogP contribution in [0.25, 0.3) is 0 Å². The topological polar surface area (TPSA) is 75.1 Å². The van der Waals surface area contributed by atoms with E-state index in [2.05, 4.69) is 21.1 Å². The highest BCUT2D eigenvalue weighted by atomic mass is 32.1. The Morgan fingerprint density at radius 3 is 1.89 bits per heavy atom. The smallest absolute Gasteiger partial charge is 0.207 e. The van der Waals surface area contributed by atoms with E-state index < -0.39 is 0 Å². The van der Waals surface area contributed by atoms with Crippen LogP contribution in [0.3, 0.4) is 0 Å². The lowest BCUT2D eigenvalue weighted by Crippen LogP contribution is -2.28. The summed E-state index contributed by atoms with van der Waals surface area (Å²) in [6.07, 6.45) is 6.13. The number of thiocarbonyl (C=S) groups is 1. The predicted molar refractivity (Wildman–Crippen MR) is 71.5 cm³/mol. The van der Waals surface area contributed by atoms with Gasteiger partial charge in [-0.1, -0.05) is 0 Å². The predicted octanol–water partition coefficient (Wildman–Crippen LogP) is 1.70. The molecular weight excluding hydrogens is 252 g/mol. The summed E-state index contributed by atoms with van der Waals surface area (Å²) in [5, 5.41) is 7.98. The van der Waals surface area contributed by atoms with Gasteiger partial charge in [-0.05, 0) is 36.5 Å². The normalized spacial score (nSPS) is 11.1. The van der Waals surface area contributed by atoms with Crippen molar-refractivity contribution in [2.75, 3.05) is 0 Å². The third-order valence-corrected chi connectivity index (χ3v) is 1.98. The fourth-order valence-electron chi connectivity index (χ4n) is 1.06. The van der Waals surface area contributed by atoms with Crippen LogP contribution < -0.4 is 10.9 Å². The number of hydrogen-bond donors (Lipinski definition) is 2. The van der Waals surface area contributed by atoms with Crippen molar-refractivity contribution in [3.8, 4) is 0 Å². The second-order valence-electron chi connectivity index (χ2n) is 3.10. The van der Waals surface area contributed by atoms with Crippen molar-refractivity contribution in [1.29, 1.82) is 0 Å². The second kappa shape index (κ2) is 6.36. The van der Waals surface area contributed by atoms with E-state index in [0.29, 0.717) is 11.5 Å². The average molecular weight is 262 g/mol. The first-order valence-electron chi connectivity index (χ1n) is 5.04. The molecule has 0 spiro atoms. The summed E-state index contributed by atoms with van der Waals surface area (Å²) in [6, 6.07) is 7.09. The average Bonchev–Trinajstić information content (AvgIpc) is 3.01. The minimum atomic E-state index is 0.264. The lowest BCUT2D eigenvalue weighted by molar-refractivity contribution is 0.560. The highest BCUT2D eigenvalue weighted by molar-refractivity contribution is 7.80. The zero-order valence-electron chi connectivity index (χ0n) is 9.24. The van der Waals surface area contributed by atoms with Crippen LogP contribution in [0.2, 0.25) is 0 Å². The minimum absolute atomic E-state index is 0.264. The Hall–Kier alpha value is -2.41. The molecule has 2 aromatic rings. The summed E-state index contributed by atoms with van der Waals surface area (Å²) in [7, 11) is 0. The van der Waals surface area contributed by atoms with E-state index in [1.807, 2.05) is 0 Å². The molecule has 2 heterocycles. The zero-order valence-corrected chi connectivity index (χ0v) is 10.1. The molecule has 18 heavy (non-hydrogen) atoms. The molecule has 0 bridgehead atoms. The van der Waals surface area contributed by atoms with Crippen molar-refractivity contribution in [1.82, 2.24) is 10.9 Å². The molecule has 0 fully saturated rings. The lowest BCUT2D eigenvalue weighted by Gasteiger charge is -1.99. The molecule has 0 aliphatic carbocycles. The van der Waals surface area contributed by atoms with E-state index >= 15 is 0 Å². The second-order valence-corrected chi connectivity index (χ2v) is 3.51. The summed E-state index contributed by atoms with van der Waals surface area (Å²) in [4.78, 5) is 0. The largest absolute Gasteiger partial charge is 0.463 e. The van der Waals surface area contributed by atoms with Crippen LogP contribution in [0.1, 0.15) is 11.5 Å². The Morgan fingerprint density at radius 1 is 1.00 bits per heavy atom. The van der Waals surface area contributed by atoms with Gasteiger partial charge in [0.25, 0.3) is 0 Å². The van der Waals surface area contributed by atoms with Crippen LogP contribution in [0.15, 0.2) is 55.8 Å². The Bertz CT molecular complexity index is 483. The van der Waals surface area contributed by atoms with Gasteiger partial charge >= 0.3 is 0 Å². The van der Waals surface area contributed by atoms with Crippen molar-refractivity contribution in [3.05, 3.63) is 48.3 Å². The molecule has 0 radical (unpaired) electrons. The van der Waals surface area contributed by atoms with Gasteiger partial charge in [-0.3, -0.25) is 10.9 Å². The van der Waals surface area contributed by atoms with Gasteiger partial charge in [-0.25, -0.2) is 0 Å². The summed E-state index contributed by atoms with van der Waals surface area (Å²) in [6.45, 7) is 0. The first kappa shape index (κ1) is 12.1. The molecule has 0 saturated heterocycles. The van der Waals surface area contributed by atoms with Crippen LogP contribution in [-0.4, -0.2) is 17.5 Å². The highest BCUT2D eigenvalue weighted by Crippen LogP contribution is 1.95. The van der Waals surface area contributed by atoms with Crippen LogP contribution >= 0.6 is 12.2 Å². The quantitative estimate of drug-likeness (QED) is 0.498. The molecule has 6 nitrogen and oxygen atoms in total. The fourth-order valence-corrected chi connectivity index (χ4v) is 1.17. The van der Waals surface area contributed by atoms with Gasteiger partial charge in [0.1, 0.15) is 11.5 Å². The summed E-state index contributed by atoms with van der Waals surface area (Å²) >= 11 is 4.93. The molecule has 7 heteroatoms. The van der Waals surface area contributed by atoms with Gasteiger partial charge < -0.3 is 8.83 Å². The maximum absolute atomic E-state index is 5.05. The maximum Gasteiger partial charge on any atom is 0.207 e. The van der Waals surface area contributed by atoms with Crippen LogP contribution in [0, 0.1) is 0 Å². The Kier molecular flexibility index (Phi) is 4.26. The molecule has 2 rings (SSSR count). The molecule has 0 saturated carbocycles. The van der Waals surface area contributed by atoms with Crippen molar-refractivity contribution >= 4 is 29.8 Å². The minimum Gasteiger partial charge on any atom is -0.463 e. The number of hydrogen-bond acceptors (Lipinski definition) is 5. The van der Waals surface area contributed by atoms with Crippen molar-refractivity contribution in [2.24, 2.45) is 10.2 Å². The van der Waals surface area contributed by atoms with Crippen molar-refractivity contribution < 1.29 is 8.83 Å². The Morgan fingerprint density at radius 2 is 1.50 bits per heavy atom. The van der Waals surface area contributed by atoms with Gasteiger partial charge in [0.05, 0.1) is 25.0 Å². The number of hydrazone groups is 2. The fraction of sp³-hybridized carbons (Fsp3) is 0. The van der Waals surface area contributed by atoms with E-state index in [9.17, 15) is 0 Å². The first-order chi connectivity index (χ1) is 8.84. The monoisotopic (exact) mass is 262 g/mol. The van der Waals surface area contributed by atoms with Gasteiger partial charge in [0, 0.05) is 0 Å². The summed E-state index contributed by atoms with van der Waals surface area (Å²) in [5.74, 6) is 1.26. The summed E-state index contributed by atoms with van der Waals surface area (Å²) < 4.78 is 10.1. The van der Waals surface area contributed by atoms with Crippen LogP contribution in [-0.2, 0) is 0 Å². The molecule has 0 unspecified atom stereocenters. The number of nitrogens with one attached hydrogen (secondary N) is 2. The molecule has 2 N–H and O–H groups in total. The SMILES string of the molecule is S=C(NN=Cc1ccco1)NN=Cc1ccco1. The standard InChI is InChI=1S/C11H10N4O2S/c18-11(14-12-7-9-3-1-5-16-9)15-13-8-10-4-2-6-17-10/h1-8H,(H2,14,15,18). The third-order valence-electron chi connectivity index (χ3n) is 1.80. The van der Waals surface area contributed by atoms with E-state index in [0.717, 1.165) is 0 Å². The summed E-state index contributed by atoms with van der Waals surface area (Å²) in [5.41, 5.74) is 5.17. The number of rotatable bonds is 4. The highest BCUT2D eigenvalue weighted by Gasteiger charge is 1.92. The molecule has 92 valence electrons. The number of nitrogens with zero attached hydrogens (tertiary/aromatic N) is 2. The van der Waals surface area contributed by atoms with Crippen LogP contribution in [0.4, 0.5) is 0 Å². The molecule has 0 atom stereocenters. The first-order valence-corrected chi connectivity index (χ1v) is 5.44. The maximum atomic E-state index is 5.05. The van der Waals surface area contributed by atoms with Gasteiger partial charge in [-0.15, -0.1) is 0 Å². The van der Waals surface area contributed by atoms with E-state index in [1.165, 1.54) is 12.4 Å². The molecule has 0 aliphatic rings. The van der Waals surface area contributed by atoms with Crippen molar-refractivity contribution in [2.45, 2.75) is 0 Å². The molecule has 2 aromatic heterocycles. The molecule has 0 aliphatic heterocycles. The van der Waals surface area contributed by atoms with Gasteiger partial charge in [0.15, 0.2) is 0 Å². The third kappa shape index (κ3) is 3.87. The van der Waals surface area contributed by atoms with E-state index in [1.54, 1.807) is 36.8 Å². The van der Waals surface area contributed by atoms with Gasteiger partial charge in [-0.2, -0.15) is 10.2 Å². The molecule has 0 aromatic carbocycles. The van der Waals surface area contributed by atoms with E-state index in [4.69, 9.17) is 21.1 Å². The molecule has 0 amide bonds. The van der Waals surface area contributed by atoms with Crippen LogP contribution in [0.5, 0.6) is 0 Å². The zero-order chi connectivity index (χ0) is 12.6. The van der Waals surface area contributed by atoms with Crippen molar-refractivity contribution in [3.63, 3.8) is 0 Å². The van der Waals surface area contributed by atoms with E-state index in [-0.39, 0.29) is 5.11 Å². The lowest BCUT2D eigenvalue weighted by atomic mass is 10.5. The Balaban J connectivity index is 1.72. The Labute approximate surface area is 108 Å². The number of furan rings is 2. The van der Waals surface area contributed by atoms with Gasteiger partial charge in [0.2, 0.25) is 5.11 Å². The molecular formula is C11H10N4O2S.